The minimum absolute atomic E-state index is 0. The van der Waals surface area contributed by atoms with Crippen molar-refractivity contribution in [2.75, 3.05) is 39.3 Å². The van der Waals surface area contributed by atoms with Crippen LogP contribution >= 0.6 is 11.6 Å². The molecule has 1 saturated carbocycles. The van der Waals surface area contributed by atoms with Crippen LogP contribution in [0.2, 0.25) is 5.02 Å². The Morgan fingerprint density at radius 3 is 2.42 bits per heavy atom. The molecule has 1 atom stereocenters. The van der Waals surface area contributed by atoms with E-state index in [0.29, 0.717) is 36.5 Å². The maximum Gasteiger partial charge on any atom is 0.246 e. The number of phenols is 1. The maximum atomic E-state index is 13.0. The summed E-state index contributed by atoms with van der Waals surface area (Å²) in [6.07, 6.45) is 4.16. The van der Waals surface area contributed by atoms with E-state index >= 15 is 0 Å². The van der Waals surface area contributed by atoms with Gasteiger partial charge >= 0.3 is 0 Å². The van der Waals surface area contributed by atoms with Crippen molar-refractivity contribution < 1.29 is 33.3 Å². The van der Waals surface area contributed by atoms with Crippen molar-refractivity contribution in [2.24, 2.45) is 5.92 Å². The van der Waals surface area contributed by atoms with Crippen LogP contribution in [0.25, 0.3) is 0 Å². The second kappa shape index (κ2) is 9.99. The second-order valence-corrected chi connectivity index (χ2v) is 9.25. The first-order valence-corrected chi connectivity index (χ1v) is 11.2. The smallest absolute Gasteiger partial charge is 0.246 e. The third-order valence-corrected chi connectivity index (χ3v) is 6.98. The van der Waals surface area contributed by atoms with Crippen LogP contribution in [0.15, 0.2) is 24.8 Å². The largest absolute Gasteiger partial charge is 0.508 e. The molecule has 6 nitrogen and oxygen atoms in total. The molecule has 2 saturated heterocycles. The van der Waals surface area contributed by atoms with E-state index in [4.69, 9.17) is 11.6 Å². The molecular weight excluding hydrogens is 453 g/mol. The van der Waals surface area contributed by atoms with Crippen LogP contribution in [0.5, 0.6) is 5.75 Å². The summed E-state index contributed by atoms with van der Waals surface area (Å²) in [6.45, 7) is 10.0. The Bertz CT molecular complexity index is 847. The molecule has 1 N–H and O–H groups in total. The van der Waals surface area contributed by atoms with Crippen LogP contribution < -0.4 is 0 Å². The number of carbonyl (C=O) groups excluding carboxylic acids is 2. The van der Waals surface area contributed by atoms with Crippen LogP contribution in [0.3, 0.4) is 0 Å². The molecule has 0 bridgehead atoms. The van der Waals surface area contributed by atoms with E-state index in [9.17, 15) is 14.7 Å². The zero-order chi connectivity index (χ0) is 21.4. The summed E-state index contributed by atoms with van der Waals surface area (Å²) in [5.41, 5.74) is 1.91. The number of phenolic OH excluding ortho intramolecular Hbond substituents is 1. The van der Waals surface area contributed by atoms with E-state index in [1.165, 1.54) is 6.08 Å². The maximum absolute atomic E-state index is 13.0. The third-order valence-electron chi connectivity index (χ3n) is 6.65. The number of benzene rings is 1. The van der Waals surface area contributed by atoms with E-state index in [0.717, 1.165) is 50.1 Å². The van der Waals surface area contributed by atoms with Gasteiger partial charge in [-0.3, -0.25) is 14.5 Å². The van der Waals surface area contributed by atoms with Gasteiger partial charge in [-0.1, -0.05) is 31.2 Å². The zero-order valence-electron chi connectivity index (χ0n) is 18.0. The molecule has 0 spiro atoms. The van der Waals surface area contributed by atoms with Crippen LogP contribution in [0, 0.1) is 5.92 Å². The zero-order valence-corrected chi connectivity index (χ0v) is 20.1. The number of aromatic hydroxyl groups is 1. The fourth-order valence-corrected chi connectivity index (χ4v) is 4.84. The van der Waals surface area contributed by atoms with Crippen molar-refractivity contribution in [3.63, 3.8) is 0 Å². The molecule has 3 fully saturated rings. The molecule has 2 amide bonds. The van der Waals surface area contributed by atoms with Gasteiger partial charge in [0.15, 0.2) is 0 Å². The van der Waals surface area contributed by atoms with Crippen molar-refractivity contribution in [3.05, 3.63) is 40.9 Å². The van der Waals surface area contributed by atoms with Gasteiger partial charge in [0.1, 0.15) is 5.75 Å². The van der Waals surface area contributed by atoms with Gasteiger partial charge in [-0.15, -0.1) is 0 Å². The van der Waals surface area contributed by atoms with Crippen LogP contribution in [-0.4, -0.2) is 76.9 Å². The third kappa shape index (κ3) is 5.31. The Hall–Kier alpha value is -1.47. The molecule has 1 aliphatic carbocycles. The van der Waals surface area contributed by atoms with Crippen molar-refractivity contribution in [1.82, 2.24) is 14.7 Å². The van der Waals surface area contributed by atoms with E-state index < -0.39 is 0 Å². The summed E-state index contributed by atoms with van der Waals surface area (Å²) in [6, 6.07) is 4.00. The molecule has 31 heavy (non-hydrogen) atoms. The Morgan fingerprint density at radius 2 is 1.84 bits per heavy atom. The van der Waals surface area contributed by atoms with Crippen LogP contribution in [0.1, 0.15) is 36.8 Å². The predicted molar refractivity (Wildman–Crippen MR) is 117 cm³/mol. The second-order valence-electron chi connectivity index (χ2n) is 8.84. The van der Waals surface area contributed by atoms with E-state index in [1.807, 2.05) is 17.9 Å². The molecule has 4 rings (SSSR count). The number of piperazine rings is 1. The van der Waals surface area contributed by atoms with Gasteiger partial charge in [-0.25, -0.2) is 0 Å². The molecule has 2 aliphatic heterocycles. The molecule has 167 valence electrons. The van der Waals surface area contributed by atoms with Gasteiger partial charge in [0, 0.05) is 74.8 Å². The summed E-state index contributed by atoms with van der Waals surface area (Å²) in [4.78, 5) is 30.7. The van der Waals surface area contributed by atoms with E-state index in [1.54, 1.807) is 11.0 Å². The standard InChI is InChI=1S/C23H30ClN3O3.V/c1-3-22(29)27-13-18(14-27)25-6-8-26(9-7-25)23(30)15(2)10-17-11-19(16-4-5-16)20(24)12-21(17)28;/h3,11-12,15-16,18,28H,1,4-10,13-14H2,2H3;/t15-;/m1./s1. The fourth-order valence-electron chi connectivity index (χ4n) is 4.53. The number of likely N-dealkylation sites (tertiary alicyclic amines) is 1. The normalized spacial score (nSPS) is 20.6. The van der Waals surface area contributed by atoms with Crippen molar-refractivity contribution in [1.29, 1.82) is 0 Å². The molecule has 3 aliphatic rings. The minimum Gasteiger partial charge on any atom is -0.508 e. The molecule has 1 aromatic carbocycles. The summed E-state index contributed by atoms with van der Waals surface area (Å²) >= 11 is 6.28. The summed E-state index contributed by atoms with van der Waals surface area (Å²) in [7, 11) is 0. The molecule has 0 aromatic heterocycles. The Labute approximate surface area is 201 Å². The van der Waals surface area contributed by atoms with Gasteiger partial charge in [-0.2, -0.15) is 0 Å². The average Bonchev–Trinajstić information content (AvgIpc) is 3.53. The van der Waals surface area contributed by atoms with E-state index in [-0.39, 0.29) is 42.0 Å². The monoisotopic (exact) mass is 482 g/mol. The molecule has 0 unspecified atom stereocenters. The number of carbonyl (C=O) groups is 2. The molecule has 1 aromatic rings. The SMILES string of the molecule is C=CC(=O)N1CC(N2CCN(C(=O)[C@H](C)Cc3cc(C4CC4)c(Cl)cc3O)CC2)C1.[V]. The Balaban J connectivity index is 0.00000272. The van der Waals surface area contributed by atoms with E-state index in [2.05, 4.69) is 11.5 Å². The van der Waals surface area contributed by atoms with Gasteiger partial charge in [0.05, 0.1) is 0 Å². The molecular formula is C23H30ClN3O3V. The fraction of sp³-hybridized carbons (Fsp3) is 0.565. The topological polar surface area (TPSA) is 64.1 Å². The Kier molecular flexibility index (Phi) is 7.79. The molecule has 8 heteroatoms. The van der Waals surface area contributed by atoms with Crippen LogP contribution in [-0.2, 0) is 34.6 Å². The van der Waals surface area contributed by atoms with Gasteiger partial charge in [0.2, 0.25) is 11.8 Å². The van der Waals surface area contributed by atoms with Gasteiger partial charge < -0.3 is 14.9 Å². The number of halogens is 1. The van der Waals surface area contributed by atoms with Gasteiger partial charge in [-0.05, 0) is 48.4 Å². The molecule has 1 radical (unpaired) electrons. The number of nitrogens with zero attached hydrogens (tertiary/aromatic N) is 3. The summed E-state index contributed by atoms with van der Waals surface area (Å²) in [5, 5.41) is 10.9. The predicted octanol–water partition coefficient (Wildman–Crippen LogP) is 2.64. The number of amides is 2. The van der Waals surface area contributed by atoms with Crippen LogP contribution in [0.4, 0.5) is 0 Å². The molecule has 2 heterocycles. The van der Waals surface area contributed by atoms with Crippen molar-refractivity contribution >= 4 is 23.4 Å². The number of rotatable bonds is 6. The number of hydrogen-bond donors (Lipinski definition) is 1. The Morgan fingerprint density at radius 1 is 1.19 bits per heavy atom. The summed E-state index contributed by atoms with van der Waals surface area (Å²) in [5.74, 6) is 0.607. The first-order chi connectivity index (χ1) is 14.4. The first-order valence-electron chi connectivity index (χ1n) is 10.8. The quantitative estimate of drug-likeness (QED) is 0.633. The summed E-state index contributed by atoms with van der Waals surface area (Å²) < 4.78 is 0. The average molecular weight is 483 g/mol. The minimum atomic E-state index is -0.194. The first kappa shape index (κ1) is 24.2. The van der Waals surface area contributed by atoms with Crippen molar-refractivity contribution in [3.8, 4) is 5.75 Å². The number of hydrogen-bond acceptors (Lipinski definition) is 4. The van der Waals surface area contributed by atoms with Gasteiger partial charge in [0.25, 0.3) is 0 Å². The van der Waals surface area contributed by atoms with Crippen molar-refractivity contribution in [2.45, 2.75) is 38.1 Å².